The largest absolute Gasteiger partial charge is 0.354 e. The third-order valence-corrected chi connectivity index (χ3v) is 9.54. The SMILES string of the molecule is CCOP(=O)(SC(C)CC)N(C=S)CCCCCc1ccccc1. The van der Waals surface area contributed by atoms with Crippen molar-refractivity contribution in [2.24, 2.45) is 0 Å². The Morgan fingerprint density at radius 3 is 2.54 bits per heavy atom. The zero-order valence-electron chi connectivity index (χ0n) is 15.0. The van der Waals surface area contributed by atoms with Crippen molar-refractivity contribution in [3.05, 3.63) is 35.9 Å². The van der Waals surface area contributed by atoms with Crippen LogP contribution in [0.15, 0.2) is 30.3 Å². The quantitative estimate of drug-likeness (QED) is 0.224. The van der Waals surface area contributed by atoms with Crippen LogP contribution in [0.3, 0.4) is 0 Å². The van der Waals surface area contributed by atoms with E-state index in [2.05, 4.69) is 38.1 Å². The summed E-state index contributed by atoms with van der Waals surface area (Å²) in [5, 5.41) is 0.290. The lowest BCUT2D eigenvalue weighted by atomic mass is 10.1. The van der Waals surface area contributed by atoms with Crippen LogP contribution < -0.4 is 0 Å². The van der Waals surface area contributed by atoms with Gasteiger partial charge in [0.25, 0.3) is 0 Å². The van der Waals surface area contributed by atoms with Crippen molar-refractivity contribution in [3.8, 4) is 0 Å². The van der Waals surface area contributed by atoms with E-state index < -0.39 is 6.72 Å². The normalized spacial score (nSPS) is 14.8. The lowest BCUT2D eigenvalue weighted by Gasteiger charge is -2.29. The van der Waals surface area contributed by atoms with E-state index in [1.165, 1.54) is 22.4 Å². The Hall–Kier alpha value is -0.350. The van der Waals surface area contributed by atoms with Crippen LogP contribution in [0.1, 0.15) is 52.0 Å². The fraction of sp³-hybridized carbons (Fsp3) is 0.611. The molecule has 0 N–H and O–H groups in total. The Kier molecular flexibility index (Phi) is 10.9. The Balaban J connectivity index is 2.45. The van der Waals surface area contributed by atoms with E-state index in [-0.39, 0.29) is 5.25 Å². The molecule has 1 aromatic rings. The Bertz CT molecular complexity index is 513. The molecule has 3 nitrogen and oxygen atoms in total. The van der Waals surface area contributed by atoms with E-state index in [4.69, 9.17) is 16.7 Å². The first kappa shape index (κ1) is 21.7. The molecule has 0 fully saturated rings. The molecule has 0 aliphatic heterocycles. The second kappa shape index (κ2) is 12.1. The Morgan fingerprint density at radius 1 is 1.25 bits per heavy atom. The molecule has 1 rings (SSSR count). The predicted molar refractivity (Wildman–Crippen MR) is 111 cm³/mol. The Morgan fingerprint density at radius 2 is 1.96 bits per heavy atom. The molecule has 2 atom stereocenters. The second-order valence-electron chi connectivity index (χ2n) is 5.78. The lowest BCUT2D eigenvalue weighted by molar-refractivity contribution is 0.316. The van der Waals surface area contributed by atoms with Gasteiger partial charge in [-0.1, -0.05) is 62.8 Å². The van der Waals surface area contributed by atoms with Gasteiger partial charge in [0.2, 0.25) is 0 Å². The van der Waals surface area contributed by atoms with Gasteiger partial charge in [-0.05, 0) is 49.6 Å². The molecule has 0 bridgehead atoms. The molecule has 6 heteroatoms. The molecule has 0 amide bonds. The zero-order chi connectivity index (χ0) is 17.8. The number of hydrogen-bond acceptors (Lipinski definition) is 4. The van der Waals surface area contributed by atoms with Gasteiger partial charge in [0.15, 0.2) is 0 Å². The van der Waals surface area contributed by atoms with E-state index in [1.54, 1.807) is 4.67 Å². The summed E-state index contributed by atoms with van der Waals surface area (Å²) in [7, 11) is 0. The highest BCUT2D eigenvalue weighted by Crippen LogP contribution is 2.63. The summed E-state index contributed by atoms with van der Waals surface area (Å²) in [6.07, 6.45) is 5.24. The van der Waals surface area contributed by atoms with E-state index in [0.29, 0.717) is 13.2 Å². The number of thiocarbonyl (C=S) groups is 1. The molecule has 2 unspecified atom stereocenters. The second-order valence-corrected chi connectivity index (χ2v) is 10.7. The fourth-order valence-electron chi connectivity index (χ4n) is 2.29. The molecular weight excluding hydrogens is 357 g/mol. The molecule has 0 aliphatic carbocycles. The van der Waals surface area contributed by atoms with Crippen LogP contribution >= 0.6 is 30.3 Å². The third-order valence-electron chi connectivity index (χ3n) is 3.81. The van der Waals surface area contributed by atoms with E-state index in [0.717, 1.165) is 32.1 Å². The first-order valence-electron chi connectivity index (χ1n) is 8.75. The monoisotopic (exact) mass is 387 g/mol. The van der Waals surface area contributed by atoms with Gasteiger partial charge in [-0.3, -0.25) is 9.24 Å². The summed E-state index contributed by atoms with van der Waals surface area (Å²) in [4.78, 5) is 0. The molecule has 0 aromatic heterocycles. The van der Waals surface area contributed by atoms with E-state index in [9.17, 15) is 4.57 Å². The van der Waals surface area contributed by atoms with Crippen molar-refractivity contribution in [2.75, 3.05) is 13.2 Å². The van der Waals surface area contributed by atoms with Crippen molar-refractivity contribution >= 4 is 35.8 Å². The Labute approximate surface area is 156 Å². The van der Waals surface area contributed by atoms with Gasteiger partial charge in [0.05, 0.1) is 12.1 Å². The van der Waals surface area contributed by atoms with Crippen molar-refractivity contribution in [1.82, 2.24) is 4.67 Å². The highest BCUT2D eigenvalue weighted by molar-refractivity contribution is 8.56. The van der Waals surface area contributed by atoms with Gasteiger partial charge >= 0.3 is 6.72 Å². The molecule has 24 heavy (non-hydrogen) atoms. The van der Waals surface area contributed by atoms with Gasteiger partial charge in [-0.2, -0.15) is 0 Å². The number of nitrogens with zero attached hydrogens (tertiary/aromatic N) is 1. The zero-order valence-corrected chi connectivity index (χ0v) is 17.5. The fourth-order valence-corrected chi connectivity index (χ4v) is 7.77. The molecule has 1 aromatic carbocycles. The maximum Gasteiger partial charge on any atom is 0.354 e. The smallest absolute Gasteiger partial charge is 0.306 e. The summed E-state index contributed by atoms with van der Waals surface area (Å²) in [5.41, 5.74) is 2.89. The van der Waals surface area contributed by atoms with E-state index in [1.807, 2.05) is 13.0 Å². The molecule has 136 valence electrons. The minimum absolute atomic E-state index is 0.290. The van der Waals surface area contributed by atoms with Crippen LogP contribution in [0.5, 0.6) is 0 Å². The first-order chi connectivity index (χ1) is 11.6. The molecule has 0 saturated carbocycles. The molecule has 0 heterocycles. The van der Waals surface area contributed by atoms with Crippen molar-refractivity contribution < 1.29 is 9.09 Å². The highest BCUT2D eigenvalue weighted by atomic mass is 32.7. The van der Waals surface area contributed by atoms with E-state index >= 15 is 0 Å². The maximum atomic E-state index is 13.2. The molecule has 0 aliphatic rings. The van der Waals surface area contributed by atoms with Crippen molar-refractivity contribution in [2.45, 2.75) is 58.1 Å². The molecular formula is C18H30NO2PS2. The molecule has 0 saturated heterocycles. The maximum absolute atomic E-state index is 13.2. The summed E-state index contributed by atoms with van der Waals surface area (Å²) in [6, 6.07) is 10.5. The highest BCUT2D eigenvalue weighted by Gasteiger charge is 2.32. The van der Waals surface area contributed by atoms with Crippen LogP contribution in [-0.2, 0) is 15.5 Å². The number of hydrogen-bond donors (Lipinski definition) is 0. The van der Waals surface area contributed by atoms with Gasteiger partial charge in [-0.25, -0.2) is 0 Å². The van der Waals surface area contributed by atoms with Gasteiger partial charge in [-0.15, -0.1) is 0 Å². The molecule has 0 radical (unpaired) electrons. The predicted octanol–water partition coefficient (Wildman–Crippen LogP) is 6.33. The number of benzene rings is 1. The van der Waals surface area contributed by atoms with Crippen molar-refractivity contribution in [3.63, 3.8) is 0 Å². The number of rotatable bonds is 13. The summed E-state index contributed by atoms with van der Waals surface area (Å²) >= 11 is 6.54. The van der Waals surface area contributed by atoms with Crippen LogP contribution in [-0.4, -0.2) is 28.6 Å². The van der Waals surface area contributed by atoms with Crippen LogP contribution in [0.4, 0.5) is 0 Å². The van der Waals surface area contributed by atoms with Crippen molar-refractivity contribution in [1.29, 1.82) is 0 Å². The number of unbranched alkanes of at least 4 members (excludes halogenated alkanes) is 2. The van der Waals surface area contributed by atoms with Gasteiger partial charge in [0.1, 0.15) is 0 Å². The average Bonchev–Trinajstić information content (AvgIpc) is 2.58. The minimum Gasteiger partial charge on any atom is -0.306 e. The average molecular weight is 388 g/mol. The summed E-state index contributed by atoms with van der Waals surface area (Å²) < 4.78 is 20.6. The van der Waals surface area contributed by atoms with Crippen LogP contribution in [0.2, 0.25) is 0 Å². The summed E-state index contributed by atoms with van der Waals surface area (Å²) in [6.45, 7) is 4.27. The van der Waals surface area contributed by atoms with Crippen LogP contribution in [0.25, 0.3) is 0 Å². The standard InChI is InChI=1S/C18H30NO2PS2/c1-4-17(3)24-22(20,21-5-2)19(16-23)15-11-7-10-14-18-12-8-6-9-13-18/h6,8-9,12-13,16-17H,4-5,7,10-11,14-15H2,1-3H3. The lowest BCUT2D eigenvalue weighted by Crippen LogP contribution is -2.20. The molecule has 0 spiro atoms. The number of aryl methyl sites for hydroxylation is 1. The topological polar surface area (TPSA) is 29.5 Å². The third kappa shape index (κ3) is 7.69. The summed E-state index contributed by atoms with van der Waals surface area (Å²) in [5.74, 6) is 0. The van der Waals surface area contributed by atoms with Crippen LogP contribution in [0, 0.1) is 0 Å². The minimum atomic E-state index is -2.92. The van der Waals surface area contributed by atoms with Gasteiger partial charge < -0.3 is 4.52 Å². The van der Waals surface area contributed by atoms with Gasteiger partial charge in [0, 0.05) is 11.8 Å². The first-order valence-corrected chi connectivity index (χ1v) is 12.3.